The highest BCUT2D eigenvalue weighted by molar-refractivity contribution is 5.73. The summed E-state index contributed by atoms with van der Waals surface area (Å²) in [5, 5.41) is 0. The lowest BCUT2D eigenvalue weighted by molar-refractivity contribution is -0.135. The van der Waals surface area contributed by atoms with Gasteiger partial charge in [0.25, 0.3) is 0 Å². The second-order valence-electron chi connectivity index (χ2n) is 4.47. The molecule has 2 rings (SSSR count). The normalized spacial score (nSPS) is 34.1. The highest BCUT2D eigenvalue weighted by Gasteiger charge is 2.34. The van der Waals surface area contributed by atoms with Crippen LogP contribution in [0, 0.1) is 5.92 Å². The molecule has 0 aromatic heterocycles. The monoisotopic (exact) mass is 181 g/mol. The molecule has 74 valence electrons. The van der Waals surface area contributed by atoms with Crippen molar-refractivity contribution in [2.75, 3.05) is 6.54 Å². The molecular formula is C11H19NO. The second kappa shape index (κ2) is 3.69. The Hall–Kier alpha value is -0.530. The SMILES string of the molecule is CC(=O)N1CCCC2CCCCC21. The van der Waals surface area contributed by atoms with Crippen LogP contribution in [0.15, 0.2) is 0 Å². The van der Waals surface area contributed by atoms with Crippen molar-refractivity contribution in [1.29, 1.82) is 0 Å². The van der Waals surface area contributed by atoms with Gasteiger partial charge >= 0.3 is 0 Å². The van der Waals surface area contributed by atoms with Crippen LogP contribution in [0.2, 0.25) is 0 Å². The Labute approximate surface area is 80.3 Å². The van der Waals surface area contributed by atoms with Gasteiger partial charge in [0.15, 0.2) is 0 Å². The third-order valence-electron chi connectivity index (χ3n) is 3.65. The van der Waals surface area contributed by atoms with Crippen molar-refractivity contribution in [2.45, 2.75) is 51.5 Å². The molecule has 0 bridgehead atoms. The van der Waals surface area contributed by atoms with Crippen LogP contribution in [0.5, 0.6) is 0 Å². The first kappa shape index (κ1) is 9.04. The number of piperidine rings is 1. The van der Waals surface area contributed by atoms with Crippen LogP contribution in [-0.2, 0) is 4.79 Å². The third-order valence-corrected chi connectivity index (χ3v) is 3.65. The van der Waals surface area contributed by atoms with E-state index in [0.29, 0.717) is 6.04 Å². The van der Waals surface area contributed by atoms with Crippen molar-refractivity contribution in [3.63, 3.8) is 0 Å². The van der Waals surface area contributed by atoms with E-state index >= 15 is 0 Å². The van der Waals surface area contributed by atoms with Crippen molar-refractivity contribution in [2.24, 2.45) is 5.92 Å². The number of hydrogen-bond acceptors (Lipinski definition) is 1. The topological polar surface area (TPSA) is 20.3 Å². The largest absolute Gasteiger partial charge is 0.340 e. The molecule has 1 saturated carbocycles. The van der Waals surface area contributed by atoms with E-state index in [-0.39, 0.29) is 5.91 Å². The minimum Gasteiger partial charge on any atom is -0.340 e. The van der Waals surface area contributed by atoms with Gasteiger partial charge in [-0.1, -0.05) is 12.8 Å². The van der Waals surface area contributed by atoms with E-state index in [2.05, 4.69) is 4.90 Å². The molecule has 2 fully saturated rings. The average Bonchev–Trinajstić information content (AvgIpc) is 2.17. The van der Waals surface area contributed by atoms with E-state index in [1.54, 1.807) is 6.92 Å². The zero-order valence-electron chi connectivity index (χ0n) is 8.46. The molecule has 2 heteroatoms. The molecule has 2 unspecified atom stereocenters. The van der Waals surface area contributed by atoms with Gasteiger partial charge in [0, 0.05) is 19.5 Å². The molecule has 0 N–H and O–H groups in total. The van der Waals surface area contributed by atoms with E-state index in [9.17, 15) is 4.79 Å². The fourth-order valence-corrected chi connectivity index (χ4v) is 3.02. The van der Waals surface area contributed by atoms with Crippen LogP contribution in [0.1, 0.15) is 45.4 Å². The van der Waals surface area contributed by atoms with Gasteiger partial charge in [0.2, 0.25) is 5.91 Å². The number of carbonyl (C=O) groups excluding carboxylic acids is 1. The summed E-state index contributed by atoms with van der Waals surface area (Å²) in [7, 11) is 0. The standard InChI is InChI=1S/C11H19NO/c1-9(13)12-8-4-6-10-5-2-3-7-11(10)12/h10-11H,2-8H2,1H3. The fraction of sp³-hybridized carbons (Fsp3) is 0.909. The highest BCUT2D eigenvalue weighted by Crippen LogP contribution is 2.35. The Kier molecular flexibility index (Phi) is 2.56. The van der Waals surface area contributed by atoms with E-state index in [1.165, 1.54) is 38.5 Å². The van der Waals surface area contributed by atoms with E-state index in [4.69, 9.17) is 0 Å². The quantitative estimate of drug-likeness (QED) is 0.561. The van der Waals surface area contributed by atoms with Gasteiger partial charge in [0.05, 0.1) is 0 Å². The molecule has 2 nitrogen and oxygen atoms in total. The van der Waals surface area contributed by atoms with Gasteiger partial charge in [0.1, 0.15) is 0 Å². The molecule has 0 radical (unpaired) electrons. The first-order valence-electron chi connectivity index (χ1n) is 5.56. The number of nitrogens with zero attached hydrogens (tertiary/aromatic N) is 1. The van der Waals surface area contributed by atoms with Gasteiger partial charge in [-0.2, -0.15) is 0 Å². The van der Waals surface area contributed by atoms with Gasteiger partial charge in [-0.05, 0) is 31.6 Å². The van der Waals surface area contributed by atoms with Crippen LogP contribution in [0.3, 0.4) is 0 Å². The summed E-state index contributed by atoms with van der Waals surface area (Å²) in [6.07, 6.45) is 7.89. The predicted octanol–water partition coefficient (Wildman–Crippen LogP) is 2.19. The zero-order chi connectivity index (χ0) is 9.26. The number of carbonyl (C=O) groups is 1. The summed E-state index contributed by atoms with van der Waals surface area (Å²) in [4.78, 5) is 13.5. The smallest absolute Gasteiger partial charge is 0.219 e. The fourth-order valence-electron chi connectivity index (χ4n) is 3.02. The lowest BCUT2D eigenvalue weighted by atomic mass is 9.78. The third kappa shape index (κ3) is 1.72. The molecule has 0 spiro atoms. The summed E-state index contributed by atoms with van der Waals surface area (Å²) >= 11 is 0. The van der Waals surface area contributed by atoms with Gasteiger partial charge in [-0.25, -0.2) is 0 Å². The molecule has 2 aliphatic rings. The Balaban J connectivity index is 2.06. The first-order valence-corrected chi connectivity index (χ1v) is 5.56. The molecular weight excluding hydrogens is 162 g/mol. The first-order chi connectivity index (χ1) is 6.29. The molecule has 1 aliphatic carbocycles. The van der Waals surface area contributed by atoms with E-state index in [0.717, 1.165) is 12.5 Å². The molecule has 2 atom stereocenters. The van der Waals surface area contributed by atoms with E-state index < -0.39 is 0 Å². The molecule has 0 aromatic carbocycles. The van der Waals surface area contributed by atoms with Crippen LogP contribution >= 0.6 is 0 Å². The predicted molar refractivity (Wildman–Crippen MR) is 52.4 cm³/mol. The summed E-state index contributed by atoms with van der Waals surface area (Å²) in [6.45, 7) is 2.73. The second-order valence-corrected chi connectivity index (χ2v) is 4.47. The zero-order valence-corrected chi connectivity index (χ0v) is 8.46. The molecule has 13 heavy (non-hydrogen) atoms. The number of likely N-dealkylation sites (tertiary alicyclic amines) is 1. The Morgan fingerprint density at radius 2 is 1.85 bits per heavy atom. The van der Waals surface area contributed by atoms with Gasteiger partial charge in [-0.3, -0.25) is 4.79 Å². The van der Waals surface area contributed by atoms with Crippen molar-refractivity contribution < 1.29 is 4.79 Å². The minimum absolute atomic E-state index is 0.289. The summed E-state index contributed by atoms with van der Waals surface area (Å²) in [5.74, 6) is 1.11. The van der Waals surface area contributed by atoms with Gasteiger partial charge in [-0.15, -0.1) is 0 Å². The van der Waals surface area contributed by atoms with Crippen molar-refractivity contribution in [1.82, 2.24) is 4.90 Å². The average molecular weight is 181 g/mol. The van der Waals surface area contributed by atoms with Crippen molar-refractivity contribution in [3.8, 4) is 0 Å². The number of hydrogen-bond donors (Lipinski definition) is 0. The summed E-state index contributed by atoms with van der Waals surface area (Å²) in [6, 6.07) is 0.597. The molecule has 1 heterocycles. The maximum absolute atomic E-state index is 11.4. The number of fused-ring (bicyclic) bond motifs is 1. The lowest BCUT2D eigenvalue weighted by Crippen LogP contribution is -2.48. The van der Waals surface area contributed by atoms with Crippen molar-refractivity contribution in [3.05, 3.63) is 0 Å². The summed E-state index contributed by atoms with van der Waals surface area (Å²) < 4.78 is 0. The molecule has 1 amide bonds. The van der Waals surface area contributed by atoms with Crippen LogP contribution < -0.4 is 0 Å². The molecule has 0 aromatic rings. The number of rotatable bonds is 0. The number of amides is 1. The Bertz CT molecular complexity index is 200. The van der Waals surface area contributed by atoms with Crippen LogP contribution in [0.25, 0.3) is 0 Å². The van der Waals surface area contributed by atoms with Crippen molar-refractivity contribution >= 4 is 5.91 Å². The molecule has 1 saturated heterocycles. The molecule has 1 aliphatic heterocycles. The Morgan fingerprint density at radius 3 is 2.62 bits per heavy atom. The highest BCUT2D eigenvalue weighted by atomic mass is 16.2. The Morgan fingerprint density at radius 1 is 1.15 bits per heavy atom. The van der Waals surface area contributed by atoms with Crippen LogP contribution in [-0.4, -0.2) is 23.4 Å². The minimum atomic E-state index is 0.289. The maximum Gasteiger partial charge on any atom is 0.219 e. The summed E-state index contributed by atoms with van der Waals surface area (Å²) in [5.41, 5.74) is 0. The van der Waals surface area contributed by atoms with Gasteiger partial charge < -0.3 is 4.90 Å². The lowest BCUT2D eigenvalue weighted by Gasteiger charge is -2.43. The maximum atomic E-state index is 11.4. The van der Waals surface area contributed by atoms with Crippen LogP contribution in [0.4, 0.5) is 0 Å². The van der Waals surface area contributed by atoms with E-state index in [1.807, 2.05) is 0 Å².